The smallest absolute Gasteiger partial charge is 0.213 e. The molecule has 0 atom stereocenters. The van der Waals surface area contributed by atoms with E-state index in [1.54, 1.807) is 47.1 Å². The van der Waals surface area contributed by atoms with Gasteiger partial charge in [-0.2, -0.15) is 15.0 Å². The number of para-hydroxylation sites is 1. The molecule has 0 N–H and O–H groups in total. The van der Waals surface area contributed by atoms with E-state index in [0.29, 0.717) is 28.3 Å². The second-order valence-electron chi connectivity index (χ2n) is 7.58. The van der Waals surface area contributed by atoms with Gasteiger partial charge in [0.2, 0.25) is 5.78 Å². The Morgan fingerprint density at radius 2 is 1.58 bits per heavy atom. The number of ether oxygens (including phenoxy) is 1. The molecule has 0 aliphatic rings. The molecule has 162 valence electrons. The summed E-state index contributed by atoms with van der Waals surface area (Å²) in [4.78, 5) is 15.0. The number of ketones is 1. The van der Waals surface area contributed by atoms with E-state index in [2.05, 4.69) is 15.3 Å². The molecular weight excluding hydrogens is 414 g/mol. The molecule has 0 radical (unpaired) electrons. The monoisotopic (exact) mass is 435 g/mol. The Morgan fingerprint density at radius 3 is 2.27 bits per heavy atom. The Bertz CT molecular complexity index is 1400. The zero-order chi connectivity index (χ0) is 22.8. The zero-order valence-electron chi connectivity index (χ0n) is 18.2. The highest BCUT2D eigenvalue weighted by Crippen LogP contribution is 2.26. The topological polar surface area (TPSA) is 74.8 Å². The summed E-state index contributed by atoms with van der Waals surface area (Å²) in [6.07, 6.45) is 3.47. The van der Waals surface area contributed by atoms with Gasteiger partial charge in [0.15, 0.2) is 0 Å². The number of carbonyl (C=O) groups excluding carboxylic acids is 1. The minimum Gasteiger partial charge on any atom is -0.497 e. The van der Waals surface area contributed by atoms with Crippen LogP contribution in [0.15, 0.2) is 91.3 Å². The number of hydrogen-bond acceptors (Lipinski definition) is 5. The molecule has 0 saturated heterocycles. The molecule has 0 amide bonds. The highest BCUT2D eigenvalue weighted by molar-refractivity contribution is 6.11. The van der Waals surface area contributed by atoms with E-state index in [1.807, 2.05) is 67.7 Å². The van der Waals surface area contributed by atoms with Crippen LogP contribution in [0.4, 0.5) is 0 Å². The number of carbonyl (C=O) groups is 1. The molecule has 0 fully saturated rings. The van der Waals surface area contributed by atoms with Crippen molar-refractivity contribution in [3.8, 4) is 28.4 Å². The quantitative estimate of drug-likeness (QED) is 0.363. The molecule has 0 aliphatic carbocycles. The lowest BCUT2D eigenvalue weighted by Gasteiger charge is -2.03. The Labute approximate surface area is 190 Å². The van der Waals surface area contributed by atoms with Crippen LogP contribution in [0.5, 0.6) is 5.75 Å². The summed E-state index contributed by atoms with van der Waals surface area (Å²) in [6, 6.07) is 24.6. The third-order valence-electron chi connectivity index (χ3n) is 5.33. The van der Waals surface area contributed by atoms with Gasteiger partial charge >= 0.3 is 0 Å². The van der Waals surface area contributed by atoms with Gasteiger partial charge in [-0.25, -0.2) is 4.68 Å². The van der Waals surface area contributed by atoms with Gasteiger partial charge in [0.1, 0.15) is 17.1 Å². The predicted octanol–water partition coefficient (Wildman–Crippen LogP) is 4.67. The number of aromatic nitrogens is 5. The van der Waals surface area contributed by atoms with Gasteiger partial charge in [-0.05, 0) is 55.5 Å². The van der Waals surface area contributed by atoms with Gasteiger partial charge in [-0.15, -0.1) is 5.10 Å². The van der Waals surface area contributed by atoms with Crippen molar-refractivity contribution in [2.45, 2.75) is 6.92 Å². The maximum atomic E-state index is 13.4. The highest BCUT2D eigenvalue weighted by Gasteiger charge is 2.22. The first-order valence-electron chi connectivity index (χ1n) is 10.5. The largest absolute Gasteiger partial charge is 0.497 e. The van der Waals surface area contributed by atoms with E-state index in [9.17, 15) is 4.79 Å². The minimum absolute atomic E-state index is 0.201. The van der Waals surface area contributed by atoms with Crippen molar-refractivity contribution in [1.82, 2.24) is 24.8 Å². The van der Waals surface area contributed by atoms with E-state index < -0.39 is 0 Å². The van der Waals surface area contributed by atoms with Gasteiger partial charge in [-0.1, -0.05) is 35.9 Å². The van der Waals surface area contributed by atoms with Crippen LogP contribution in [0.1, 0.15) is 21.6 Å². The molecule has 0 spiro atoms. The SMILES string of the molecule is COc1ccc(C(=O)c2nn(-c3ccc(C)cc3)cc2-c2cnn(-c3ccccc3)n2)cc1. The van der Waals surface area contributed by atoms with E-state index >= 15 is 0 Å². The summed E-state index contributed by atoms with van der Waals surface area (Å²) in [5.74, 6) is 0.482. The van der Waals surface area contributed by atoms with E-state index in [-0.39, 0.29) is 5.78 Å². The van der Waals surface area contributed by atoms with Gasteiger partial charge in [0, 0.05) is 11.8 Å². The first-order chi connectivity index (χ1) is 16.1. The number of benzene rings is 3. The van der Waals surface area contributed by atoms with Gasteiger partial charge in [0.25, 0.3) is 0 Å². The number of nitrogens with zero attached hydrogens (tertiary/aromatic N) is 5. The van der Waals surface area contributed by atoms with Crippen LogP contribution in [0.2, 0.25) is 0 Å². The van der Waals surface area contributed by atoms with E-state index in [4.69, 9.17) is 4.74 Å². The number of aryl methyl sites for hydroxylation is 1. The standard InChI is InChI=1S/C26H21N5O2/c1-18-8-12-20(13-9-18)30-17-23(24-16-27-31(28-24)21-6-4-3-5-7-21)25(29-30)26(32)19-10-14-22(33-2)15-11-19/h3-17H,1-2H3. The molecule has 7 heteroatoms. The van der Waals surface area contributed by atoms with Crippen molar-refractivity contribution in [3.63, 3.8) is 0 Å². The normalized spacial score (nSPS) is 10.8. The Balaban J connectivity index is 1.60. The summed E-state index contributed by atoms with van der Waals surface area (Å²) in [5.41, 5.74) is 4.82. The summed E-state index contributed by atoms with van der Waals surface area (Å²) in [5, 5.41) is 13.7. The molecule has 2 heterocycles. The van der Waals surface area contributed by atoms with Crippen molar-refractivity contribution in [2.75, 3.05) is 7.11 Å². The number of rotatable bonds is 6. The Hall–Kier alpha value is -4.52. The summed E-state index contributed by atoms with van der Waals surface area (Å²) in [6.45, 7) is 2.03. The summed E-state index contributed by atoms with van der Waals surface area (Å²) in [7, 11) is 1.59. The average Bonchev–Trinajstić information content (AvgIpc) is 3.52. The summed E-state index contributed by atoms with van der Waals surface area (Å²) < 4.78 is 6.91. The molecule has 0 bridgehead atoms. The lowest BCUT2D eigenvalue weighted by Crippen LogP contribution is -2.05. The van der Waals surface area contributed by atoms with Crippen molar-refractivity contribution >= 4 is 5.78 Å². The second-order valence-corrected chi connectivity index (χ2v) is 7.58. The van der Waals surface area contributed by atoms with Crippen LogP contribution >= 0.6 is 0 Å². The van der Waals surface area contributed by atoms with Gasteiger partial charge < -0.3 is 4.74 Å². The summed E-state index contributed by atoms with van der Waals surface area (Å²) >= 11 is 0. The van der Waals surface area contributed by atoms with Crippen molar-refractivity contribution in [1.29, 1.82) is 0 Å². The first kappa shape index (κ1) is 20.4. The van der Waals surface area contributed by atoms with Crippen LogP contribution < -0.4 is 4.74 Å². The molecular formula is C26H21N5O2. The molecule has 3 aromatic carbocycles. The van der Waals surface area contributed by atoms with Crippen LogP contribution in [0.25, 0.3) is 22.6 Å². The van der Waals surface area contributed by atoms with E-state index in [0.717, 1.165) is 16.9 Å². The van der Waals surface area contributed by atoms with Crippen molar-refractivity contribution in [2.24, 2.45) is 0 Å². The Morgan fingerprint density at radius 1 is 0.848 bits per heavy atom. The fourth-order valence-corrected chi connectivity index (χ4v) is 3.51. The minimum atomic E-state index is -0.201. The maximum Gasteiger partial charge on any atom is 0.213 e. The fourth-order valence-electron chi connectivity index (χ4n) is 3.51. The first-order valence-corrected chi connectivity index (χ1v) is 10.5. The number of methoxy groups -OCH3 is 1. The van der Waals surface area contributed by atoms with Crippen molar-refractivity contribution < 1.29 is 9.53 Å². The molecule has 0 unspecified atom stereocenters. The predicted molar refractivity (Wildman–Crippen MR) is 125 cm³/mol. The lowest BCUT2D eigenvalue weighted by molar-refractivity contribution is 0.103. The van der Waals surface area contributed by atoms with Crippen LogP contribution in [-0.4, -0.2) is 37.7 Å². The van der Waals surface area contributed by atoms with E-state index in [1.165, 1.54) is 0 Å². The molecule has 5 aromatic rings. The molecule has 0 saturated carbocycles. The lowest BCUT2D eigenvalue weighted by atomic mass is 10.0. The van der Waals surface area contributed by atoms with Gasteiger partial charge in [0.05, 0.1) is 30.2 Å². The van der Waals surface area contributed by atoms with Crippen molar-refractivity contribution in [3.05, 3.63) is 108 Å². The molecule has 0 aliphatic heterocycles. The third-order valence-corrected chi connectivity index (χ3v) is 5.33. The highest BCUT2D eigenvalue weighted by atomic mass is 16.5. The molecule has 7 nitrogen and oxygen atoms in total. The van der Waals surface area contributed by atoms with Crippen LogP contribution in [0, 0.1) is 6.92 Å². The fraction of sp³-hybridized carbons (Fsp3) is 0.0769. The maximum absolute atomic E-state index is 13.4. The third kappa shape index (κ3) is 4.04. The van der Waals surface area contributed by atoms with Crippen LogP contribution in [0.3, 0.4) is 0 Å². The zero-order valence-corrected chi connectivity index (χ0v) is 18.2. The Kier molecular flexibility index (Phi) is 5.28. The molecule has 2 aromatic heterocycles. The number of hydrogen-bond donors (Lipinski definition) is 0. The van der Waals surface area contributed by atoms with Gasteiger partial charge in [-0.3, -0.25) is 4.79 Å². The second kappa shape index (κ2) is 8.55. The average molecular weight is 435 g/mol. The molecule has 5 rings (SSSR count). The molecule has 33 heavy (non-hydrogen) atoms. The van der Waals surface area contributed by atoms with Crippen LogP contribution in [-0.2, 0) is 0 Å².